The third-order valence-electron chi connectivity index (χ3n) is 5.23. The van der Waals surface area contributed by atoms with Gasteiger partial charge in [0.15, 0.2) is 5.76 Å². The molecular formula is C21H21ClN2O5S. The van der Waals surface area contributed by atoms with Crippen LogP contribution in [-0.4, -0.2) is 38.8 Å². The smallest absolute Gasteiger partial charge is 0.291 e. The topological polar surface area (TPSA) is 88.8 Å². The van der Waals surface area contributed by atoms with Gasteiger partial charge in [-0.1, -0.05) is 11.6 Å². The second-order valence-corrected chi connectivity index (χ2v) is 9.50. The van der Waals surface area contributed by atoms with Gasteiger partial charge in [-0.3, -0.25) is 4.79 Å². The van der Waals surface area contributed by atoms with Crippen molar-refractivity contribution in [3.05, 3.63) is 52.7 Å². The molecule has 30 heavy (non-hydrogen) atoms. The number of aryl methyl sites for hydroxylation is 1. The predicted molar refractivity (Wildman–Crippen MR) is 115 cm³/mol. The number of carbonyl (C=O) groups excluding carboxylic acids is 1. The Morgan fingerprint density at radius 3 is 2.60 bits per heavy atom. The number of anilines is 1. The van der Waals surface area contributed by atoms with E-state index in [4.69, 9.17) is 20.8 Å². The van der Waals surface area contributed by atoms with Crippen LogP contribution >= 0.6 is 11.6 Å². The van der Waals surface area contributed by atoms with E-state index in [1.165, 1.54) is 17.5 Å². The first-order chi connectivity index (χ1) is 14.3. The Labute approximate surface area is 179 Å². The maximum absolute atomic E-state index is 12.9. The number of nitrogens with zero attached hydrogens (tertiary/aromatic N) is 1. The average molecular weight is 449 g/mol. The maximum atomic E-state index is 12.9. The maximum Gasteiger partial charge on any atom is 0.291 e. The van der Waals surface area contributed by atoms with Crippen LogP contribution in [0.5, 0.6) is 5.75 Å². The van der Waals surface area contributed by atoms with E-state index >= 15 is 0 Å². The van der Waals surface area contributed by atoms with Crippen molar-refractivity contribution in [2.75, 3.05) is 25.5 Å². The number of halogens is 1. The summed E-state index contributed by atoms with van der Waals surface area (Å²) in [6.45, 7) is 2.78. The number of rotatable bonds is 5. The molecular weight excluding hydrogens is 428 g/mol. The molecule has 1 aliphatic heterocycles. The highest BCUT2D eigenvalue weighted by molar-refractivity contribution is 7.89. The van der Waals surface area contributed by atoms with Crippen LogP contribution in [0.4, 0.5) is 5.69 Å². The van der Waals surface area contributed by atoms with Crippen LogP contribution < -0.4 is 10.1 Å². The van der Waals surface area contributed by atoms with Gasteiger partial charge in [-0.2, -0.15) is 4.31 Å². The number of furan rings is 1. The van der Waals surface area contributed by atoms with Gasteiger partial charge in [-0.25, -0.2) is 8.42 Å². The fraction of sp³-hybridized carbons (Fsp3) is 0.286. The molecule has 0 atom stereocenters. The van der Waals surface area contributed by atoms with E-state index in [0.717, 1.165) is 12.8 Å². The molecule has 1 N–H and O–H groups in total. The molecule has 158 valence electrons. The first-order valence-electron chi connectivity index (χ1n) is 9.49. The summed E-state index contributed by atoms with van der Waals surface area (Å²) < 4.78 is 38.2. The zero-order valence-electron chi connectivity index (χ0n) is 16.6. The third kappa shape index (κ3) is 3.66. The SMILES string of the molecule is COc1ccc(Cl)cc1NC(=O)c1oc2ccc(S(=O)(=O)N3CCCC3)cc2c1C. The van der Waals surface area contributed by atoms with E-state index in [1.54, 1.807) is 37.3 Å². The summed E-state index contributed by atoms with van der Waals surface area (Å²) in [4.78, 5) is 13.0. The number of nitrogens with one attached hydrogen (secondary N) is 1. The standard InChI is InChI=1S/C21H21ClN2O5S/c1-13-16-12-15(30(26,27)24-9-3-4-10-24)6-8-18(16)29-20(13)21(25)23-17-11-14(22)5-7-19(17)28-2/h5-8,11-12H,3-4,9-10H2,1-2H3,(H,23,25). The Bertz CT molecular complexity index is 1230. The highest BCUT2D eigenvalue weighted by Gasteiger charge is 2.28. The fourth-order valence-electron chi connectivity index (χ4n) is 3.61. The molecule has 2 aromatic carbocycles. The number of sulfonamides is 1. The lowest BCUT2D eigenvalue weighted by atomic mass is 10.1. The molecule has 0 aliphatic carbocycles. The second kappa shape index (κ2) is 7.94. The first-order valence-corrected chi connectivity index (χ1v) is 11.3. The summed E-state index contributed by atoms with van der Waals surface area (Å²) in [6, 6.07) is 9.56. The van der Waals surface area contributed by atoms with Crippen LogP contribution in [0.15, 0.2) is 45.7 Å². The number of hydrogen-bond donors (Lipinski definition) is 1. The normalized spacial score (nSPS) is 14.9. The molecule has 0 spiro atoms. The number of ether oxygens (including phenoxy) is 1. The largest absolute Gasteiger partial charge is 0.495 e. The summed E-state index contributed by atoms with van der Waals surface area (Å²) in [5.74, 6) is 0.0801. The molecule has 0 radical (unpaired) electrons. The van der Waals surface area contributed by atoms with Gasteiger partial charge in [0, 0.05) is 29.1 Å². The number of hydrogen-bond acceptors (Lipinski definition) is 5. The van der Waals surface area contributed by atoms with Crippen LogP contribution in [0.25, 0.3) is 11.0 Å². The van der Waals surface area contributed by atoms with Crippen molar-refractivity contribution in [1.82, 2.24) is 4.31 Å². The molecule has 4 rings (SSSR count). The van der Waals surface area contributed by atoms with Gasteiger partial charge in [-0.15, -0.1) is 0 Å². The van der Waals surface area contributed by atoms with E-state index in [0.29, 0.717) is 46.1 Å². The summed E-state index contributed by atoms with van der Waals surface area (Å²) in [5.41, 5.74) is 1.41. The summed E-state index contributed by atoms with van der Waals surface area (Å²) in [6.07, 6.45) is 1.73. The number of carbonyl (C=O) groups is 1. The quantitative estimate of drug-likeness (QED) is 0.623. The van der Waals surface area contributed by atoms with Gasteiger partial charge in [0.25, 0.3) is 5.91 Å². The van der Waals surface area contributed by atoms with Crippen LogP contribution in [0.2, 0.25) is 5.02 Å². The number of amides is 1. The Morgan fingerprint density at radius 2 is 1.90 bits per heavy atom. The van der Waals surface area contributed by atoms with Crippen LogP contribution in [0.1, 0.15) is 29.0 Å². The van der Waals surface area contributed by atoms with Gasteiger partial charge < -0.3 is 14.5 Å². The molecule has 3 aromatic rings. The second-order valence-electron chi connectivity index (χ2n) is 7.12. The van der Waals surface area contributed by atoms with Crippen molar-refractivity contribution in [1.29, 1.82) is 0 Å². The van der Waals surface area contributed by atoms with Crippen molar-refractivity contribution >= 4 is 44.2 Å². The minimum Gasteiger partial charge on any atom is -0.495 e. The number of fused-ring (bicyclic) bond motifs is 1. The van der Waals surface area contributed by atoms with E-state index in [9.17, 15) is 13.2 Å². The molecule has 1 amide bonds. The monoisotopic (exact) mass is 448 g/mol. The molecule has 0 unspecified atom stereocenters. The van der Waals surface area contributed by atoms with Gasteiger partial charge in [0.05, 0.1) is 17.7 Å². The Kier molecular flexibility index (Phi) is 5.48. The number of benzene rings is 2. The lowest BCUT2D eigenvalue weighted by Gasteiger charge is -2.15. The third-order valence-corrected chi connectivity index (χ3v) is 7.36. The van der Waals surface area contributed by atoms with E-state index in [-0.39, 0.29) is 10.7 Å². The van der Waals surface area contributed by atoms with E-state index in [2.05, 4.69) is 5.32 Å². The van der Waals surface area contributed by atoms with Crippen LogP contribution in [0, 0.1) is 6.92 Å². The Morgan fingerprint density at radius 1 is 1.17 bits per heavy atom. The van der Waals surface area contributed by atoms with Crippen LogP contribution in [-0.2, 0) is 10.0 Å². The molecule has 9 heteroatoms. The van der Waals surface area contributed by atoms with Crippen molar-refractivity contribution in [2.45, 2.75) is 24.7 Å². The molecule has 1 saturated heterocycles. The molecule has 2 heterocycles. The highest BCUT2D eigenvalue weighted by Crippen LogP contribution is 2.32. The first kappa shape index (κ1) is 20.7. The average Bonchev–Trinajstić information content (AvgIpc) is 3.37. The van der Waals surface area contributed by atoms with Crippen molar-refractivity contribution in [3.63, 3.8) is 0 Å². The Hall–Kier alpha value is -2.55. The summed E-state index contributed by atoms with van der Waals surface area (Å²) >= 11 is 6.02. The van der Waals surface area contributed by atoms with Gasteiger partial charge >= 0.3 is 0 Å². The summed E-state index contributed by atoms with van der Waals surface area (Å²) in [5, 5.41) is 3.77. The summed E-state index contributed by atoms with van der Waals surface area (Å²) in [7, 11) is -2.07. The van der Waals surface area contributed by atoms with E-state index in [1.807, 2.05) is 0 Å². The molecule has 1 fully saturated rings. The van der Waals surface area contributed by atoms with Crippen molar-refractivity contribution in [2.24, 2.45) is 0 Å². The van der Waals surface area contributed by atoms with Crippen LogP contribution in [0.3, 0.4) is 0 Å². The predicted octanol–water partition coefficient (Wildman–Crippen LogP) is 4.44. The fourth-order valence-corrected chi connectivity index (χ4v) is 5.33. The zero-order chi connectivity index (χ0) is 21.5. The zero-order valence-corrected chi connectivity index (χ0v) is 18.1. The molecule has 7 nitrogen and oxygen atoms in total. The van der Waals surface area contributed by atoms with Crippen molar-refractivity contribution < 1.29 is 22.4 Å². The van der Waals surface area contributed by atoms with Gasteiger partial charge in [0.1, 0.15) is 11.3 Å². The highest BCUT2D eigenvalue weighted by atomic mass is 35.5. The molecule has 0 bridgehead atoms. The molecule has 1 aliphatic rings. The lowest BCUT2D eigenvalue weighted by molar-refractivity contribution is 0.0997. The molecule has 1 aromatic heterocycles. The van der Waals surface area contributed by atoms with Gasteiger partial charge in [0.2, 0.25) is 10.0 Å². The molecule has 0 saturated carbocycles. The minimum absolute atomic E-state index is 0.0998. The minimum atomic E-state index is -3.56. The number of methoxy groups -OCH3 is 1. The Balaban J connectivity index is 1.68. The lowest BCUT2D eigenvalue weighted by Crippen LogP contribution is -2.27. The van der Waals surface area contributed by atoms with Crippen molar-refractivity contribution in [3.8, 4) is 5.75 Å². The van der Waals surface area contributed by atoms with Gasteiger partial charge in [-0.05, 0) is 56.2 Å². The van der Waals surface area contributed by atoms with E-state index < -0.39 is 15.9 Å².